The fraction of sp³-hybridized carbons (Fsp3) is 0.360. The average molecular weight is 437 g/mol. The van der Waals surface area contributed by atoms with Gasteiger partial charge in [-0.1, -0.05) is 42.0 Å². The molecular formula is C25H28N2O5. The molecule has 2 fully saturated rings. The van der Waals surface area contributed by atoms with Crippen LogP contribution in [0.2, 0.25) is 0 Å². The van der Waals surface area contributed by atoms with Crippen molar-refractivity contribution in [2.24, 2.45) is 0 Å². The first-order valence-electron chi connectivity index (χ1n) is 10.9. The fourth-order valence-electron chi connectivity index (χ4n) is 4.31. The minimum Gasteiger partial charge on any atom is -0.508 e. The Morgan fingerprint density at radius 1 is 1.06 bits per heavy atom. The Balaban J connectivity index is 1.67. The largest absolute Gasteiger partial charge is 0.508 e. The smallest absolute Gasteiger partial charge is 0.295 e. The van der Waals surface area contributed by atoms with Crippen molar-refractivity contribution < 1.29 is 24.5 Å². The Labute approximate surface area is 187 Å². The van der Waals surface area contributed by atoms with Gasteiger partial charge in [0.2, 0.25) is 0 Å². The molecule has 0 spiro atoms. The highest BCUT2D eigenvalue weighted by Crippen LogP contribution is 2.40. The van der Waals surface area contributed by atoms with Gasteiger partial charge < -0.3 is 19.8 Å². The predicted molar refractivity (Wildman–Crippen MR) is 120 cm³/mol. The van der Waals surface area contributed by atoms with Gasteiger partial charge in [-0.05, 0) is 31.0 Å². The zero-order valence-corrected chi connectivity index (χ0v) is 18.2. The van der Waals surface area contributed by atoms with Crippen LogP contribution >= 0.6 is 0 Å². The van der Waals surface area contributed by atoms with Crippen molar-refractivity contribution >= 4 is 17.4 Å². The first-order valence-corrected chi connectivity index (χ1v) is 10.9. The molecule has 7 heteroatoms. The molecule has 1 atom stereocenters. The molecule has 2 N–H and O–H groups in total. The second kappa shape index (κ2) is 9.54. The van der Waals surface area contributed by atoms with E-state index in [2.05, 4.69) is 4.90 Å². The maximum absolute atomic E-state index is 13.0. The Hall–Kier alpha value is -3.16. The number of Topliss-reactive ketones (excluding diaryl/α,β-unsaturated/α-hetero) is 1. The van der Waals surface area contributed by atoms with E-state index in [-0.39, 0.29) is 17.1 Å². The molecule has 0 saturated carbocycles. The number of phenols is 1. The third kappa shape index (κ3) is 4.54. The van der Waals surface area contributed by atoms with Crippen molar-refractivity contribution in [2.75, 3.05) is 39.4 Å². The summed E-state index contributed by atoms with van der Waals surface area (Å²) in [5.74, 6) is -1.50. The summed E-state index contributed by atoms with van der Waals surface area (Å²) in [7, 11) is 0. The number of phenolic OH excluding ortho intramolecular Hbond substituents is 1. The normalized spacial score (nSPS) is 21.3. The van der Waals surface area contributed by atoms with E-state index < -0.39 is 17.7 Å². The third-order valence-corrected chi connectivity index (χ3v) is 6.03. The number of hydrogen-bond donors (Lipinski definition) is 2. The fourth-order valence-corrected chi connectivity index (χ4v) is 4.31. The van der Waals surface area contributed by atoms with Gasteiger partial charge in [0, 0.05) is 31.7 Å². The summed E-state index contributed by atoms with van der Waals surface area (Å²) in [5, 5.41) is 21.1. The van der Waals surface area contributed by atoms with Crippen molar-refractivity contribution in [3.63, 3.8) is 0 Å². The van der Waals surface area contributed by atoms with Crippen molar-refractivity contribution in [1.82, 2.24) is 9.80 Å². The molecule has 2 aliphatic rings. The Kier molecular flexibility index (Phi) is 6.58. The van der Waals surface area contributed by atoms with Gasteiger partial charge in [0.05, 0.1) is 24.8 Å². The lowest BCUT2D eigenvalue weighted by molar-refractivity contribution is -0.140. The van der Waals surface area contributed by atoms with E-state index in [1.54, 1.807) is 24.3 Å². The third-order valence-electron chi connectivity index (χ3n) is 6.03. The van der Waals surface area contributed by atoms with Gasteiger partial charge in [-0.25, -0.2) is 0 Å². The number of benzene rings is 2. The molecule has 168 valence electrons. The van der Waals surface area contributed by atoms with Crippen LogP contribution in [0.4, 0.5) is 0 Å². The maximum atomic E-state index is 13.0. The molecule has 7 nitrogen and oxygen atoms in total. The number of ketones is 1. The van der Waals surface area contributed by atoms with Crippen LogP contribution in [0.5, 0.6) is 5.75 Å². The van der Waals surface area contributed by atoms with E-state index in [0.717, 1.165) is 25.2 Å². The standard InChI is InChI=1S/C25H28N2O5/c1-17-6-8-18(9-7-17)23(29)21-22(19-4-2-5-20(28)16-19)27(25(31)24(21)30)11-3-10-26-12-14-32-15-13-26/h2,4-9,16,22,28-29H,3,10-15H2,1H3. The number of hydrogen-bond acceptors (Lipinski definition) is 6. The van der Waals surface area contributed by atoms with E-state index in [9.17, 15) is 19.8 Å². The van der Waals surface area contributed by atoms with Crippen LogP contribution in [-0.4, -0.2) is 71.1 Å². The highest BCUT2D eigenvalue weighted by molar-refractivity contribution is 6.46. The van der Waals surface area contributed by atoms with E-state index in [4.69, 9.17) is 4.74 Å². The first-order chi connectivity index (χ1) is 15.5. The van der Waals surface area contributed by atoms with Gasteiger partial charge in [-0.15, -0.1) is 0 Å². The van der Waals surface area contributed by atoms with Gasteiger partial charge in [-0.2, -0.15) is 0 Å². The number of ether oxygens (including phenoxy) is 1. The highest BCUT2D eigenvalue weighted by atomic mass is 16.5. The monoisotopic (exact) mass is 436 g/mol. The lowest BCUT2D eigenvalue weighted by Gasteiger charge is -2.29. The lowest BCUT2D eigenvalue weighted by Crippen LogP contribution is -2.38. The zero-order valence-electron chi connectivity index (χ0n) is 18.2. The summed E-state index contributed by atoms with van der Waals surface area (Å²) in [6, 6.07) is 12.9. The second-order valence-corrected chi connectivity index (χ2v) is 8.26. The van der Waals surface area contributed by atoms with Crippen LogP contribution in [0.15, 0.2) is 54.1 Å². The molecule has 0 aliphatic carbocycles. The molecule has 0 radical (unpaired) electrons. The van der Waals surface area contributed by atoms with Crippen LogP contribution in [0.1, 0.15) is 29.2 Å². The Morgan fingerprint density at radius 3 is 2.47 bits per heavy atom. The minimum absolute atomic E-state index is 0.0386. The number of amides is 1. The quantitative estimate of drug-likeness (QED) is 0.411. The minimum atomic E-state index is -0.756. The number of aliphatic hydroxyl groups excluding tert-OH is 1. The average Bonchev–Trinajstić information content (AvgIpc) is 3.05. The van der Waals surface area contributed by atoms with Crippen LogP contribution < -0.4 is 0 Å². The highest BCUT2D eigenvalue weighted by Gasteiger charge is 2.45. The predicted octanol–water partition coefficient (Wildman–Crippen LogP) is 2.84. The summed E-state index contributed by atoms with van der Waals surface area (Å²) in [4.78, 5) is 29.8. The number of carbonyl (C=O) groups is 2. The summed E-state index contributed by atoms with van der Waals surface area (Å²) in [5.41, 5.74) is 2.14. The molecule has 2 aliphatic heterocycles. The lowest BCUT2D eigenvalue weighted by atomic mass is 9.95. The molecule has 0 bridgehead atoms. The molecule has 2 saturated heterocycles. The number of aromatic hydroxyl groups is 1. The molecule has 2 aromatic rings. The number of aliphatic hydroxyl groups is 1. The summed E-state index contributed by atoms with van der Waals surface area (Å²) in [6.45, 7) is 6.19. The molecule has 32 heavy (non-hydrogen) atoms. The molecule has 1 unspecified atom stereocenters. The number of nitrogens with zero attached hydrogens (tertiary/aromatic N) is 2. The van der Waals surface area contributed by atoms with Crippen LogP contribution in [0, 0.1) is 6.92 Å². The van der Waals surface area contributed by atoms with E-state index in [1.807, 2.05) is 19.1 Å². The molecule has 4 rings (SSSR count). The first kappa shape index (κ1) is 22.0. The van der Waals surface area contributed by atoms with Crippen molar-refractivity contribution in [2.45, 2.75) is 19.4 Å². The van der Waals surface area contributed by atoms with Crippen molar-refractivity contribution in [3.8, 4) is 5.75 Å². The van der Waals surface area contributed by atoms with Crippen LogP contribution in [0.3, 0.4) is 0 Å². The molecule has 2 aromatic carbocycles. The number of rotatable bonds is 6. The molecule has 0 aromatic heterocycles. The van der Waals surface area contributed by atoms with E-state index in [0.29, 0.717) is 37.3 Å². The number of morpholine rings is 1. The molecule has 2 heterocycles. The number of carbonyl (C=O) groups excluding carboxylic acids is 2. The van der Waals surface area contributed by atoms with Gasteiger partial charge >= 0.3 is 0 Å². The van der Waals surface area contributed by atoms with Gasteiger partial charge in [0.15, 0.2) is 0 Å². The Bertz CT molecular complexity index is 1020. The van der Waals surface area contributed by atoms with E-state index >= 15 is 0 Å². The maximum Gasteiger partial charge on any atom is 0.295 e. The van der Waals surface area contributed by atoms with Crippen LogP contribution in [0.25, 0.3) is 5.76 Å². The van der Waals surface area contributed by atoms with Gasteiger partial charge in [-0.3, -0.25) is 14.5 Å². The van der Waals surface area contributed by atoms with Crippen molar-refractivity contribution in [3.05, 3.63) is 70.8 Å². The summed E-state index contributed by atoms with van der Waals surface area (Å²) >= 11 is 0. The molecular weight excluding hydrogens is 408 g/mol. The SMILES string of the molecule is Cc1ccc(C(O)=C2C(=O)C(=O)N(CCCN3CCOCC3)C2c2cccc(O)c2)cc1. The summed E-state index contributed by atoms with van der Waals surface area (Å²) < 4.78 is 5.38. The van der Waals surface area contributed by atoms with Gasteiger partial charge in [0.25, 0.3) is 11.7 Å². The van der Waals surface area contributed by atoms with Crippen LogP contribution in [-0.2, 0) is 14.3 Å². The molecule has 1 amide bonds. The topological polar surface area (TPSA) is 90.3 Å². The second-order valence-electron chi connectivity index (χ2n) is 8.26. The van der Waals surface area contributed by atoms with E-state index in [1.165, 1.54) is 17.0 Å². The van der Waals surface area contributed by atoms with Gasteiger partial charge in [0.1, 0.15) is 11.5 Å². The number of likely N-dealkylation sites (tertiary alicyclic amines) is 1. The van der Waals surface area contributed by atoms with Crippen molar-refractivity contribution in [1.29, 1.82) is 0 Å². The summed E-state index contributed by atoms with van der Waals surface area (Å²) in [6.07, 6.45) is 0.687. The number of aryl methyl sites for hydroxylation is 1. The zero-order chi connectivity index (χ0) is 22.7. The Morgan fingerprint density at radius 2 is 1.78 bits per heavy atom.